The third-order valence-corrected chi connectivity index (χ3v) is 6.07. The topological polar surface area (TPSA) is 62.6 Å². The second-order valence-corrected chi connectivity index (χ2v) is 9.07. The molecule has 1 aromatic carbocycles. The van der Waals surface area contributed by atoms with Gasteiger partial charge in [-0.05, 0) is 38.1 Å². The SMILES string of the molecule is CC(C)n1c(C(=O)N2CCN(S(C)(=O)=O)CC2)cc2cc(Cl)ccc21. The molecular formula is C17H22ClN3O3S. The molecule has 3 rings (SSSR count). The number of carbonyl (C=O) groups excluding carboxylic acids is 1. The van der Waals surface area contributed by atoms with E-state index >= 15 is 0 Å². The Morgan fingerprint density at radius 3 is 2.32 bits per heavy atom. The normalized spacial score (nSPS) is 16.8. The second-order valence-electron chi connectivity index (χ2n) is 6.65. The molecule has 8 heteroatoms. The van der Waals surface area contributed by atoms with Gasteiger partial charge in [-0.1, -0.05) is 11.6 Å². The van der Waals surface area contributed by atoms with Crippen molar-refractivity contribution in [3.05, 3.63) is 35.0 Å². The number of amides is 1. The number of rotatable bonds is 3. The molecule has 1 aromatic heterocycles. The molecule has 0 unspecified atom stereocenters. The van der Waals surface area contributed by atoms with Gasteiger partial charge in [-0.2, -0.15) is 4.31 Å². The van der Waals surface area contributed by atoms with Crippen LogP contribution >= 0.6 is 11.6 Å². The Labute approximate surface area is 153 Å². The van der Waals surface area contributed by atoms with Gasteiger partial charge in [0.15, 0.2) is 0 Å². The van der Waals surface area contributed by atoms with E-state index in [1.165, 1.54) is 10.6 Å². The molecule has 25 heavy (non-hydrogen) atoms. The largest absolute Gasteiger partial charge is 0.335 e. The smallest absolute Gasteiger partial charge is 0.270 e. The van der Waals surface area contributed by atoms with Gasteiger partial charge in [0, 0.05) is 48.1 Å². The number of piperazine rings is 1. The van der Waals surface area contributed by atoms with Crippen LogP contribution in [0.15, 0.2) is 24.3 Å². The molecule has 2 aromatic rings. The first-order chi connectivity index (χ1) is 11.7. The molecule has 1 aliphatic rings. The predicted molar refractivity (Wildman–Crippen MR) is 99.7 cm³/mol. The van der Waals surface area contributed by atoms with E-state index in [1.807, 2.05) is 42.7 Å². The highest BCUT2D eigenvalue weighted by molar-refractivity contribution is 7.88. The summed E-state index contributed by atoms with van der Waals surface area (Å²) in [5.41, 5.74) is 1.58. The van der Waals surface area contributed by atoms with Crippen molar-refractivity contribution < 1.29 is 13.2 Å². The highest BCUT2D eigenvalue weighted by Crippen LogP contribution is 2.28. The molecule has 0 radical (unpaired) electrons. The molecule has 0 atom stereocenters. The summed E-state index contributed by atoms with van der Waals surface area (Å²) in [4.78, 5) is 14.8. The van der Waals surface area contributed by atoms with Crippen molar-refractivity contribution in [3.63, 3.8) is 0 Å². The zero-order valence-electron chi connectivity index (χ0n) is 14.6. The summed E-state index contributed by atoms with van der Waals surface area (Å²) in [7, 11) is -3.21. The summed E-state index contributed by atoms with van der Waals surface area (Å²) in [5.74, 6) is -0.0748. The van der Waals surface area contributed by atoms with Crippen molar-refractivity contribution in [1.29, 1.82) is 0 Å². The van der Waals surface area contributed by atoms with Crippen LogP contribution in [0.3, 0.4) is 0 Å². The molecule has 1 amide bonds. The zero-order chi connectivity index (χ0) is 18.4. The molecule has 1 fully saturated rings. The van der Waals surface area contributed by atoms with Crippen LogP contribution in [0, 0.1) is 0 Å². The van der Waals surface area contributed by atoms with Gasteiger partial charge in [-0.3, -0.25) is 4.79 Å². The molecule has 1 aliphatic heterocycles. The van der Waals surface area contributed by atoms with Crippen molar-refractivity contribution >= 4 is 38.4 Å². The van der Waals surface area contributed by atoms with Crippen molar-refractivity contribution in [1.82, 2.24) is 13.8 Å². The van der Waals surface area contributed by atoms with Gasteiger partial charge in [0.1, 0.15) is 5.69 Å². The maximum atomic E-state index is 13.0. The number of carbonyl (C=O) groups is 1. The van der Waals surface area contributed by atoms with E-state index in [1.54, 1.807) is 4.90 Å². The second kappa shape index (κ2) is 6.63. The molecule has 0 N–H and O–H groups in total. The Morgan fingerprint density at radius 1 is 1.12 bits per heavy atom. The molecule has 0 spiro atoms. The first-order valence-electron chi connectivity index (χ1n) is 8.23. The van der Waals surface area contributed by atoms with Crippen LogP contribution in [0.1, 0.15) is 30.4 Å². The lowest BCUT2D eigenvalue weighted by molar-refractivity contribution is 0.0686. The molecule has 0 bridgehead atoms. The molecule has 6 nitrogen and oxygen atoms in total. The van der Waals surface area contributed by atoms with Gasteiger partial charge in [0.05, 0.1) is 6.26 Å². The average Bonchev–Trinajstić information content (AvgIpc) is 2.92. The van der Waals surface area contributed by atoms with Crippen LogP contribution < -0.4 is 0 Å². The zero-order valence-corrected chi connectivity index (χ0v) is 16.1. The number of fused-ring (bicyclic) bond motifs is 1. The highest BCUT2D eigenvalue weighted by Gasteiger charge is 2.28. The number of sulfonamides is 1. The minimum Gasteiger partial charge on any atom is -0.335 e. The summed E-state index contributed by atoms with van der Waals surface area (Å²) in [5, 5.41) is 1.56. The monoisotopic (exact) mass is 383 g/mol. The lowest BCUT2D eigenvalue weighted by Gasteiger charge is -2.33. The van der Waals surface area contributed by atoms with Gasteiger partial charge in [-0.15, -0.1) is 0 Å². The van der Waals surface area contributed by atoms with Gasteiger partial charge >= 0.3 is 0 Å². The van der Waals surface area contributed by atoms with E-state index in [9.17, 15) is 13.2 Å². The van der Waals surface area contributed by atoms with Gasteiger partial charge in [0.2, 0.25) is 10.0 Å². The maximum absolute atomic E-state index is 13.0. The van der Waals surface area contributed by atoms with Gasteiger partial charge in [0.25, 0.3) is 5.91 Å². The lowest BCUT2D eigenvalue weighted by Crippen LogP contribution is -2.50. The summed E-state index contributed by atoms with van der Waals surface area (Å²) >= 11 is 6.08. The van der Waals surface area contributed by atoms with E-state index in [0.717, 1.165) is 10.9 Å². The van der Waals surface area contributed by atoms with Crippen LogP contribution in [0.25, 0.3) is 10.9 Å². The van der Waals surface area contributed by atoms with Gasteiger partial charge < -0.3 is 9.47 Å². The van der Waals surface area contributed by atoms with Crippen molar-refractivity contribution in [3.8, 4) is 0 Å². The number of aromatic nitrogens is 1. The van der Waals surface area contributed by atoms with Crippen LogP contribution in [0.2, 0.25) is 5.02 Å². The van der Waals surface area contributed by atoms with E-state index < -0.39 is 10.0 Å². The highest BCUT2D eigenvalue weighted by atomic mass is 35.5. The molecule has 136 valence electrons. The lowest BCUT2D eigenvalue weighted by atomic mass is 10.2. The standard InChI is InChI=1S/C17H22ClN3O3S/c1-12(2)21-15-5-4-14(18)10-13(15)11-16(21)17(22)19-6-8-20(9-7-19)25(3,23)24/h4-5,10-12H,6-9H2,1-3H3. The van der Waals surface area contributed by atoms with E-state index in [-0.39, 0.29) is 11.9 Å². The maximum Gasteiger partial charge on any atom is 0.270 e. The van der Waals surface area contributed by atoms with Crippen molar-refractivity contribution in [2.75, 3.05) is 32.4 Å². The number of hydrogen-bond acceptors (Lipinski definition) is 3. The Morgan fingerprint density at radius 2 is 1.76 bits per heavy atom. The third kappa shape index (κ3) is 3.54. The Bertz CT molecular complexity index is 913. The Balaban J connectivity index is 1.91. The molecule has 1 saturated heterocycles. The Kier molecular flexibility index (Phi) is 4.83. The molecule has 0 aliphatic carbocycles. The number of halogens is 1. The number of nitrogens with zero attached hydrogens (tertiary/aromatic N) is 3. The number of hydrogen-bond donors (Lipinski definition) is 0. The summed E-state index contributed by atoms with van der Waals surface area (Å²) in [6.07, 6.45) is 1.20. The fraction of sp³-hybridized carbons (Fsp3) is 0.471. The third-order valence-electron chi connectivity index (χ3n) is 4.53. The first-order valence-corrected chi connectivity index (χ1v) is 10.5. The molecule has 0 saturated carbocycles. The van der Waals surface area contributed by atoms with Crippen LogP contribution in [-0.2, 0) is 10.0 Å². The van der Waals surface area contributed by atoms with Gasteiger partial charge in [-0.25, -0.2) is 8.42 Å². The quantitative estimate of drug-likeness (QED) is 0.818. The molecule has 2 heterocycles. The minimum absolute atomic E-state index is 0.0748. The number of benzene rings is 1. The summed E-state index contributed by atoms with van der Waals surface area (Å²) in [6, 6.07) is 7.59. The molecular weight excluding hydrogens is 362 g/mol. The Hall–Kier alpha value is -1.57. The van der Waals surface area contributed by atoms with Crippen LogP contribution in [0.5, 0.6) is 0 Å². The van der Waals surface area contributed by atoms with E-state index in [0.29, 0.717) is 36.9 Å². The minimum atomic E-state index is -3.21. The van der Waals surface area contributed by atoms with Crippen molar-refractivity contribution in [2.24, 2.45) is 0 Å². The van der Waals surface area contributed by atoms with E-state index in [4.69, 9.17) is 11.6 Å². The predicted octanol–water partition coefficient (Wildman–Crippen LogP) is 2.59. The van der Waals surface area contributed by atoms with Crippen LogP contribution in [-0.4, -0.2) is 60.5 Å². The fourth-order valence-electron chi connectivity index (χ4n) is 3.31. The fourth-order valence-corrected chi connectivity index (χ4v) is 4.32. The summed E-state index contributed by atoms with van der Waals surface area (Å²) in [6.45, 7) is 5.52. The van der Waals surface area contributed by atoms with Crippen molar-refractivity contribution in [2.45, 2.75) is 19.9 Å². The average molecular weight is 384 g/mol. The van der Waals surface area contributed by atoms with Crippen LogP contribution in [0.4, 0.5) is 0 Å². The van der Waals surface area contributed by atoms with E-state index in [2.05, 4.69) is 0 Å². The first kappa shape index (κ1) is 18.2. The summed E-state index contributed by atoms with van der Waals surface area (Å²) < 4.78 is 26.7.